The lowest BCUT2D eigenvalue weighted by molar-refractivity contribution is 0.0695. The second kappa shape index (κ2) is 3.25. The summed E-state index contributed by atoms with van der Waals surface area (Å²) >= 11 is 0. The highest BCUT2D eigenvalue weighted by molar-refractivity contribution is 5.91. The Labute approximate surface area is 82.1 Å². The minimum atomic E-state index is -0.866. The number of pyridine rings is 1. The van der Waals surface area contributed by atoms with Crippen LogP contribution in [0.5, 0.6) is 0 Å². The molecule has 0 amide bonds. The summed E-state index contributed by atoms with van der Waals surface area (Å²) in [6, 6.07) is 1.56. The molecule has 3 heteroatoms. The molecule has 0 unspecified atom stereocenters. The zero-order chi connectivity index (χ0) is 10.1. The third-order valence-electron chi connectivity index (χ3n) is 2.52. The summed E-state index contributed by atoms with van der Waals surface area (Å²) in [6.45, 7) is 2.07. The van der Waals surface area contributed by atoms with Gasteiger partial charge >= 0.3 is 5.97 Å². The van der Waals surface area contributed by atoms with Crippen molar-refractivity contribution >= 4 is 12.0 Å². The Morgan fingerprint density at radius 1 is 1.64 bits per heavy atom. The minimum absolute atomic E-state index is 0.384. The average Bonchev–Trinajstić information content (AvgIpc) is 2.59. The number of nitrogens with zero attached hydrogens (tertiary/aromatic N) is 1. The molecule has 72 valence electrons. The van der Waals surface area contributed by atoms with Crippen molar-refractivity contribution in [1.29, 1.82) is 0 Å². The lowest BCUT2D eigenvalue weighted by atomic mass is 10.1. The van der Waals surface area contributed by atoms with Crippen LogP contribution in [0.2, 0.25) is 0 Å². The number of hydrogen-bond donors (Lipinski definition) is 1. The number of allylic oxidation sites excluding steroid dienone is 1. The van der Waals surface area contributed by atoms with E-state index < -0.39 is 5.97 Å². The summed E-state index contributed by atoms with van der Waals surface area (Å²) in [6.07, 6.45) is 5.23. The number of aromatic carboxylic acids is 1. The topological polar surface area (TPSA) is 50.2 Å². The van der Waals surface area contributed by atoms with Crippen LogP contribution in [0.4, 0.5) is 0 Å². The molecule has 0 aliphatic heterocycles. The van der Waals surface area contributed by atoms with Crippen LogP contribution in [0.1, 0.15) is 35.0 Å². The van der Waals surface area contributed by atoms with Crippen molar-refractivity contribution in [1.82, 2.24) is 4.98 Å². The molecule has 0 aromatic carbocycles. The van der Waals surface area contributed by atoms with Gasteiger partial charge in [-0.2, -0.15) is 0 Å². The second-order valence-electron chi connectivity index (χ2n) is 3.36. The van der Waals surface area contributed by atoms with Gasteiger partial charge in [0.1, 0.15) is 0 Å². The van der Waals surface area contributed by atoms with E-state index in [0.29, 0.717) is 5.56 Å². The van der Waals surface area contributed by atoms with Crippen molar-refractivity contribution in [3.05, 3.63) is 34.7 Å². The van der Waals surface area contributed by atoms with E-state index in [1.165, 1.54) is 5.57 Å². The van der Waals surface area contributed by atoms with Crippen LogP contribution in [0.25, 0.3) is 6.08 Å². The van der Waals surface area contributed by atoms with Crippen LogP contribution < -0.4 is 0 Å². The van der Waals surface area contributed by atoms with E-state index in [0.717, 1.165) is 24.1 Å². The standard InChI is InChI=1S/C11H11NO2/c1-2-7-5-9-8(11(13)14)3-4-12-10(9)6-7/h3-4,6H,2,5H2,1H3,(H,13,14). The highest BCUT2D eigenvalue weighted by atomic mass is 16.4. The Bertz CT molecular complexity index is 421. The fraction of sp³-hybridized carbons (Fsp3) is 0.273. The predicted octanol–water partition coefficient (Wildman–Crippen LogP) is 2.13. The van der Waals surface area contributed by atoms with Gasteiger partial charge in [0.15, 0.2) is 0 Å². The molecule has 0 bridgehead atoms. The molecule has 1 heterocycles. The van der Waals surface area contributed by atoms with Gasteiger partial charge in [0, 0.05) is 6.20 Å². The van der Waals surface area contributed by atoms with Crippen LogP contribution in [-0.4, -0.2) is 16.1 Å². The molecular weight excluding hydrogens is 178 g/mol. The minimum Gasteiger partial charge on any atom is -0.478 e. The van der Waals surface area contributed by atoms with Gasteiger partial charge < -0.3 is 5.11 Å². The Kier molecular flexibility index (Phi) is 2.08. The van der Waals surface area contributed by atoms with E-state index in [-0.39, 0.29) is 0 Å². The first-order valence-electron chi connectivity index (χ1n) is 4.63. The Morgan fingerprint density at radius 2 is 2.43 bits per heavy atom. The molecule has 1 aliphatic rings. The van der Waals surface area contributed by atoms with Gasteiger partial charge in [-0.25, -0.2) is 4.79 Å². The van der Waals surface area contributed by atoms with Crippen molar-refractivity contribution < 1.29 is 9.90 Å². The molecule has 0 radical (unpaired) electrons. The summed E-state index contributed by atoms with van der Waals surface area (Å²) in [5, 5.41) is 8.96. The monoisotopic (exact) mass is 189 g/mol. The molecule has 0 atom stereocenters. The maximum absolute atomic E-state index is 10.9. The predicted molar refractivity (Wildman–Crippen MR) is 53.2 cm³/mol. The molecule has 3 nitrogen and oxygen atoms in total. The zero-order valence-corrected chi connectivity index (χ0v) is 7.95. The SMILES string of the molecule is CCC1=Cc2nccc(C(=O)O)c2C1. The average molecular weight is 189 g/mol. The van der Waals surface area contributed by atoms with Crippen LogP contribution in [-0.2, 0) is 6.42 Å². The van der Waals surface area contributed by atoms with Gasteiger partial charge in [-0.05, 0) is 30.5 Å². The summed E-state index contributed by atoms with van der Waals surface area (Å²) in [5.41, 5.74) is 3.31. The van der Waals surface area contributed by atoms with Crippen LogP contribution in [0.3, 0.4) is 0 Å². The molecule has 0 fully saturated rings. The molecule has 1 aliphatic carbocycles. The van der Waals surface area contributed by atoms with Crippen LogP contribution >= 0.6 is 0 Å². The van der Waals surface area contributed by atoms with Crippen molar-refractivity contribution in [2.75, 3.05) is 0 Å². The number of carboxylic acids is 1. The van der Waals surface area contributed by atoms with Gasteiger partial charge in [0.25, 0.3) is 0 Å². The smallest absolute Gasteiger partial charge is 0.336 e. The molecule has 2 rings (SSSR count). The largest absolute Gasteiger partial charge is 0.478 e. The first-order chi connectivity index (χ1) is 6.72. The molecule has 1 aromatic heterocycles. The van der Waals surface area contributed by atoms with E-state index >= 15 is 0 Å². The van der Waals surface area contributed by atoms with E-state index in [4.69, 9.17) is 5.11 Å². The van der Waals surface area contributed by atoms with Crippen molar-refractivity contribution in [2.45, 2.75) is 19.8 Å². The molecule has 0 saturated heterocycles. The first-order valence-corrected chi connectivity index (χ1v) is 4.63. The quantitative estimate of drug-likeness (QED) is 0.775. The molecule has 0 saturated carbocycles. The molecule has 14 heavy (non-hydrogen) atoms. The number of fused-ring (bicyclic) bond motifs is 1. The Hall–Kier alpha value is -1.64. The normalized spacial score (nSPS) is 13.6. The first kappa shape index (κ1) is 8.94. The number of carbonyl (C=O) groups is 1. The Balaban J connectivity index is 2.48. The van der Waals surface area contributed by atoms with Crippen molar-refractivity contribution in [2.24, 2.45) is 0 Å². The number of hydrogen-bond acceptors (Lipinski definition) is 2. The summed E-state index contributed by atoms with van der Waals surface area (Å²) in [7, 11) is 0. The molecular formula is C11H11NO2. The fourth-order valence-electron chi connectivity index (χ4n) is 1.72. The fourth-order valence-corrected chi connectivity index (χ4v) is 1.72. The summed E-state index contributed by atoms with van der Waals surface area (Å²) in [5.74, 6) is -0.866. The molecule has 1 aromatic rings. The third kappa shape index (κ3) is 1.31. The summed E-state index contributed by atoms with van der Waals surface area (Å²) in [4.78, 5) is 15.1. The van der Waals surface area contributed by atoms with E-state index in [1.54, 1.807) is 12.3 Å². The van der Waals surface area contributed by atoms with Gasteiger partial charge in [-0.15, -0.1) is 0 Å². The Morgan fingerprint density at radius 3 is 3.07 bits per heavy atom. The van der Waals surface area contributed by atoms with Gasteiger partial charge in [-0.1, -0.05) is 12.5 Å². The van der Waals surface area contributed by atoms with Gasteiger partial charge in [-0.3, -0.25) is 4.98 Å². The number of carboxylic acid groups (broad SMARTS) is 1. The molecule has 0 spiro atoms. The number of rotatable bonds is 2. The lowest BCUT2D eigenvalue weighted by Crippen LogP contribution is -2.03. The van der Waals surface area contributed by atoms with Crippen molar-refractivity contribution in [3.8, 4) is 0 Å². The maximum Gasteiger partial charge on any atom is 0.336 e. The third-order valence-corrected chi connectivity index (χ3v) is 2.52. The maximum atomic E-state index is 10.9. The van der Waals surface area contributed by atoms with Crippen molar-refractivity contribution in [3.63, 3.8) is 0 Å². The van der Waals surface area contributed by atoms with Crippen LogP contribution in [0.15, 0.2) is 17.8 Å². The van der Waals surface area contributed by atoms with Gasteiger partial charge in [0.2, 0.25) is 0 Å². The highest BCUT2D eigenvalue weighted by Crippen LogP contribution is 2.27. The van der Waals surface area contributed by atoms with E-state index in [2.05, 4.69) is 11.9 Å². The van der Waals surface area contributed by atoms with Gasteiger partial charge in [0.05, 0.1) is 11.3 Å². The van der Waals surface area contributed by atoms with E-state index in [1.807, 2.05) is 6.08 Å². The zero-order valence-electron chi connectivity index (χ0n) is 7.95. The molecule has 1 N–H and O–H groups in total. The van der Waals surface area contributed by atoms with Crippen LogP contribution in [0, 0.1) is 0 Å². The number of aromatic nitrogens is 1. The van der Waals surface area contributed by atoms with E-state index in [9.17, 15) is 4.79 Å². The summed E-state index contributed by atoms with van der Waals surface area (Å²) < 4.78 is 0. The second-order valence-corrected chi connectivity index (χ2v) is 3.36. The highest BCUT2D eigenvalue weighted by Gasteiger charge is 2.19. The lowest BCUT2D eigenvalue weighted by Gasteiger charge is -2.02.